The van der Waals surface area contributed by atoms with Gasteiger partial charge in [-0.2, -0.15) is 21.9 Å². The van der Waals surface area contributed by atoms with E-state index in [2.05, 4.69) is 15.2 Å². The van der Waals surface area contributed by atoms with Crippen LogP contribution in [0.4, 0.5) is 5.69 Å². The van der Waals surface area contributed by atoms with Crippen LogP contribution in [0.2, 0.25) is 0 Å². The highest BCUT2D eigenvalue weighted by molar-refractivity contribution is 7.86. The molecule has 230 valence electrons. The van der Waals surface area contributed by atoms with Gasteiger partial charge in [-0.15, -0.1) is 0 Å². The molecule has 13 nitrogen and oxygen atoms in total. The molecule has 1 aliphatic rings. The number of rotatable bonds is 17. The van der Waals surface area contributed by atoms with Gasteiger partial charge in [0.1, 0.15) is 5.69 Å². The molecule has 0 unspecified atom stereocenters. The van der Waals surface area contributed by atoms with Crippen LogP contribution >= 0.6 is 0 Å². The summed E-state index contributed by atoms with van der Waals surface area (Å²) in [5.41, 5.74) is 4.32. The highest BCUT2D eigenvalue weighted by Crippen LogP contribution is 2.41. The standard InChI is InChI=1S/C27H38N6O7S2/c1-31(2)13-14-33-23-8-7-22(24-25(23)26(30-33)21-19-28-11-9-20(21)27(24)34)29-10-5-6-12-32(15-17-39-41(3,35)36)16-18-40-42(4,37)38/h7-9,11,19,29H,5-6,10,12-18H2,1-4H3. The van der Waals surface area contributed by atoms with Crippen molar-refractivity contribution in [3.8, 4) is 11.3 Å². The molecule has 1 aliphatic carbocycles. The van der Waals surface area contributed by atoms with E-state index in [0.29, 0.717) is 43.9 Å². The normalized spacial score (nSPS) is 13.3. The van der Waals surface area contributed by atoms with Gasteiger partial charge in [0.2, 0.25) is 0 Å². The molecular weight excluding hydrogens is 584 g/mol. The van der Waals surface area contributed by atoms with E-state index in [1.165, 1.54) is 0 Å². The number of nitrogens with one attached hydrogen (secondary N) is 1. The molecule has 2 heterocycles. The minimum Gasteiger partial charge on any atom is -0.384 e. The van der Waals surface area contributed by atoms with Crippen molar-refractivity contribution in [1.82, 2.24) is 24.6 Å². The van der Waals surface area contributed by atoms with Gasteiger partial charge in [-0.05, 0) is 51.7 Å². The van der Waals surface area contributed by atoms with Crippen LogP contribution in [0.3, 0.4) is 0 Å². The SMILES string of the molecule is CN(C)CCn1nc2c3c(c(NCCCCN(CCOS(C)(=O)=O)CCOS(C)(=O)=O)ccc31)C(=O)c1ccncc1-2. The lowest BCUT2D eigenvalue weighted by Gasteiger charge is -2.22. The summed E-state index contributed by atoms with van der Waals surface area (Å²) in [6.45, 7) is 3.18. The van der Waals surface area contributed by atoms with E-state index in [1.54, 1.807) is 18.5 Å². The van der Waals surface area contributed by atoms with Gasteiger partial charge >= 0.3 is 0 Å². The van der Waals surface area contributed by atoms with Crippen LogP contribution in [0.1, 0.15) is 28.8 Å². The summed E-state index contributed by atoms with van der Waals surface area (Å²) in [6, 6.07) is 5.65. The number of benzene rings is 1. The molecule has 0 fully saturated rings. The van der Waals surface area contributed by atoms with E-state index in [-0.39, 0.29) is 19.0 Å². The Morgan fingerprint density at radius 3 is 2.24 bits per heavy atom. The summed E-state index contributed by atoms with van der Waals surface area (Å²) in [6.07, 6.45) is 6.76. The Hall–Kier alpha value is -2.95. The number of pyridine rings is 1. The average molecular weight is 623 g/mol. The quantitative estimate of drug-likeness (QED) is 0.135. The summed E-state index contributed by atoms with van der Waals surface area (Å²) in [5, 5.41) is 9.14. The molecule has 2 aromatic heterocycles. The van der Waals surface area contributed by atoms with Gasteiger partial charge in [0.25, 0.3) is 20.2 Å². The van der Waals surface area contributed by atoms with Crippen molar-refractivity contribution in [2.45, 2.75) is 19.4 Å². The largest absolute Gasteiger partial charge is 0.384 e. The number of aromatic nitrogens is 3. The molecule has 0 bridgehead atoms. The fraction of sp³-hybridized carbons (Fsp3) is 0.519. The lowest BCUT2D eigenvalue weighted by molar-refractivity contribution is 0.104. The number of carbonyl (C=O) groups excluding carboxylic acids is 1. The van der Waals surface area contributed by atoms with Crippen molar-refractivity contribution >= 4 is 42.6 Å². The van der Waals surface area contributed by atoms with Gasteiger partial charge in [-0.3, -0.25) is 27.7 Å². The second-order valence-electron chi connectivity index (χ2n) is 10.5. The van der Waals surface area contributed by atoms with Gasteiger partial charge in [0, 0.05) is 60.8 Å². The Morgan fingerprint density at radius 1 is 0.905 bits per heavy atom. The summed E-state index contributed by atoms with van der Waals surface area (Å²) in [7, 11) is -3.14. The first-order valence-corrected chi connectivity index (χ1v) is 17.3. The maximum atomic E-state index is 13.7. The lowest BCUT2D eigenvalue weighted by atomic mass is 9.87. The van der Waals surface area contributed by atoms with Crippen molar-refractivity contribution in [2.75, 3.05) is 77.9 Å². The summed E-state index contributed by atoms with van der Waals surface area (Å²) >= 11 is 0. The van der Waals surface area contributed by atoms with Crippen LogP contribution in [0, 0.1) is 0 Å². The van der Waals surface area contributed by atoms with E-state index in [9.17, 15) is 21.6 Å². The topological polar surface area (TPSA) is 153 Å². The predicted octanol–water partition coefficient (Wildman–Crippen LogP) is 1.65. The zero-order valence-electron chi connectivity index (χ0n) is 24.4. The Labute approximate surface area is 247 Å². The number of likely N-dealkylation sites (N-methyl/N-ethyl adjacent to an activating group) is 1. The van der Waals surface area contributed by atoms with Crippen LogP contribution in [0.25, 0.3) is 22.2 Å². The van der Waals surface area contributed by atoms with E-state index in [1.807, 2.05) is 35.8 Å². The minimum atomic E-state index is -3.58. The average Bonchev–Trinajstić information content (AvgIpc) is 3.28. The monoisotopic (exact) mass is 622 g/mol. The van der Waals surface area contributed by atoms with Crippen LogP contribution in [0.15, 0.2) is 30.6 Å². The van der Waals surface area contributed by atoms with E-state index < -0.39 is 20.2 Å². The number of unbranched alkanes of at least 4 members (excludes halogenated alkanes) is 1. The first kappa shape index (κ1) is 32.0. The van der Waals surface area contributed by atoms with Gasteiger partial charge < -0.3 is 10.2 Å². The second kappa shape index (κ2) is 13.6. The summed E-state index contributed by atoms with van der Waals surface area (Å²) in [4.78, 5) is 21.9. The second-order valence-corrected chi connectivity index (χ2v) is 13.8. The van der Waals surface area contributed by atoms with Gasteiger partial charge in [-0.25, -0.2) is 0 Å². The fourth-order valence-electron chi connectivity index (χ4n) is 4.88. The molecule has 0 amide bonds. The molecule has 1 N–H and O–H groups in total. The molecular formula is C27H38N6O7S2. The number of hydrogen-bond acceptors (Lipinski definition) is 12. The zero-order chi connectivity index (χ0) is 30.5. The Morgan fingerprint density at radius 2 is 1.60 bits per heavy atom. The zero-order valence-corrected chi connectivity index (χ0v) is 26.0. The van der Waals surface area contributed by atoms with E-state index >= 15 is 0 Å². The number of anilines is 1. The number of nitrogens with zero attached hydrogens (tertiary/aromatic N) is 5. The van der Waals surface area contributed by atoms with E-state index in [0.717, 1.165) is 59.7 Å². The highest BCUT2D eigenvalue weighted by atomic mass is 32.2. The molecule has 1 aromatic carbocycles. The van der Waals surface area contributed by atoms with Gasteiger partial charge in [-0.1, -0.05) is 0 Å². The van der Waals surface area contributed by atoms with Crippen molar-refractivity contribution in [2.24, 2.45) is 0 Å². The van der Waals surface area contributed by atoms with Crippen molar-refractivity contribution < 1.29 is 30.0 Å². The highest BCUT2D eigenvalue weighted by Gasteiger charge is 2.31. The molecule has 15 heteroatoms. The Bertz CT molecular complexity index is 1600. The molecule has 0 spiro atoms. The predicted molar refractivity (Wildman–Crippen MR) is 161 cm³/mol. The van der Waals surface area contributed by atoms with Gasteiger partial charge in [0.05, 0.1) is 43.4 Å². The number of fused-ring (bicyclic) bond motifs is 2. The third-order valence-corrected chi connectivity index (χ3v) is 8.04. The van der Waals surface area contributed by atoms with Crippen molar-refractivity contribution in [3.05, 3.63) is 41.7 Å². The first-order chi connectivity index (χ1) is 19.8. The number of ketones is 1. The lowest BCUT2D eigenvalue weighted by Crippen LogP contribution is -2.33. The van der Waals surface area contributed by atoms with Crippen LogP contribution < -0.4 is 5.32 Å². The maximum Gasteiger partial charge on any atom is 0.264 e. The Kier molecular flexibility index (Phi) is 10.3. The van der Waals surface area contributed by atoms with Crippen molar-refractivity contribution in [1.29, 1.82) is 0 Å². The number of hydrogen-bond donors (Lipinski definition) is 1. The maximum absolute atomic E-state index is 13.7. The van der Waals surface area contributed by atoms with E-state index in [4.69, 9.17) is 13.5 Å². The van der Waals surface area contributed by atoms with Gasteiger partial charge in [0.15, 0.2) is 5.78 Å². The number of carbonyl (C=O) groups is 1. The molecule has 0 atom stereocenters. The molecule has 3 aromatic rings. The molecule has 4 rings (SSSR count). The fourth-order valence-corrected chi connectivity index (χ4v) is 5.63. The molecule has 0 aliphatic heterocycles. The molecule has 0 radical (unpaired) electrons. The van der Waals surface area contributed by atoms with Crippen LogP contribution in [-0.2, 0) is 35.1 Å². The third kappa shape index (κ3) is 8.33. The molecule has 42 heavy (non-hydrogen) atoms. The third-order valence-electron chi connectivity index (χ3n) is 6.85. The summed E-state index contributed by atoms with van der Waals surface area (Å²) < 4.78 is 56.9. The van der Waals surface area contributed by atoms with Crippen molar-refractivity contribution in [3.63, 3.8) is 0 Å². The van der Waals surface area contributed by atoms with Crippen LogP contribution in [0.5, 0.6) is 0 Å². The first-order valence-electron chi connectivity index (χ1n) is 13.7. The minimum absolute atomic E-state index is 0.0387. The summed E-state index contributed by atoms with van der Waals surface area (Å²) in [5.74, 6) is -0.0666. The molecule has 0 saturated heterocycles. The Balaban J connectivity index is 1.44. The smallest absolute Gasteiger partial charge is 0.264 e. The molecule has 0 saturated carbocycles. The van der Waals surface area contributed by atoms with Crippen LogP contribution in [-0.4, -0.2) is 120 Å².